The van der Waals surface area contributed by atoms with Crippen LogP contribution in [0.5, 0.6) is 0 Å². The normalized spacial score (nSPS) is 11.3. The lowest BCUT2D eigenvalue weighted by atomic mass is 10.2. The third-order valence-corrected chi connectivity index (χ3v) is 2.42. The number of hydrogen-bond donors (Lipinski definition) is 1. The van der Waals surface area contributed by atoms with Crippen LogP contribution < -0.4 is 5.73 Å². The lowest BCUT2D eigenvalue weighted by molar-refractivity contribution is 0.936. The fourth-order valence-electron chi connectivity index (χ4n) is 1.67. The molecule has 0 unspecified atom stereocenters. The number of rotatable bonds is 2. The lowest BCUT2D eigenvalue weighted by Gasteiger charge is -1.97. The van der Waals surface area contributed by atoms with Crippen LogP contribution in [-0.4, -0.2) is 9.55 Å². The highest BCUT2D eigenvalue weighted by Gasteiger charge is 2.09. The fraction of sp³-hybridized carbons (Fsp3) is 0.0833. The topological polar surface area (TPSA) is 43.8 Å². The number of nitrogen functional groups attached to an aromatic ring is 1. The Balaban J connectivity index is 2.74. The first kappa shape index (κ1) is 9.52. The third kappa shape index (κ3) is 1.42. The van der Waals surface area contributed by atoms with E-state index in [1.54, 1.807) is 12.3 Å². The van der Waals surface area contributed by atoms with Gasteiger partial charge in [-0.15, -0.1) is 0 Å². The van der Waals surface area contributed by atoms with Gasteiger partial charge in [0.25, 0.3) is 0 Å². The van der Waals surface area contributed by atoms with E-state index in [-0.39, 0.29) is 0 Å². The zero-order valence-corrected chi connectivity index (χ0v) is 8.64. The van der Waals surface area contributed by atoms with E-state index in [0.29, 0.717) is 0 Å². The van der Waals surface area contributed by atoms with Crippen molar-refractivity contribution in [3.05, 3.63) is 42.8 Å². The molecule has 3 heteroatoms. The van der Waals surface area contributed by atoms with Crippen LogP contribution >= 0.6 is 0 Å². The Hall–Kier alpha value is -2.03. The van der Waals surface area contributed by atoms with Crippen molar-refractivity contribution < 1.29 is 0 Å². The average Bonchev–Trinajstić information content (AvgIpc) is 2.51. The van der Waals surface area contributed by atoms with Gasteiger partial charge in [-0.25, -0.2) is 4.98 Å². The predicted octanol–water partition coefficient (Wildman–Crippen LogP) is 2.35. The van der Waals surface area contributed by atoms with Gasteiger partial charge in [0, 0.05) is 18.6 Å². The Bertz CT molecular complexity index is 496. The molecule has 2 N–H and O–H groups in total. The Kier molecular flexibility index (Phi) is 2.29. The molecule has 0 amide bonds. The number of aromatic nitrogens is 2. The summed E-state index contributed by atoms with van der Waals surface area (Å²) in [5.74, 6) is 0. The first-order valence-electron chi connectivity index (χ1n) is 4.73. The van der Waals surface area contributed by atoms with Gasteiger partial charge in [-0.1, -0.05) is 18.7 Å². The molecule has 0 aliphatic rings. The van der Waals surface area contributed by atoms with E-state index in [9.17, 15) is 0 Å². The molecule has 2 heterocycles. The molecule has 0 atom stereocenters. The minimum Gasteiger partial charge on any atom is -0.396 e. The zero-order valence-electron chi connectivity index (χ0n) is 8.64. The SMILES string of the molecule is C=C/C=C\c1c(N)c2cccnc2n1C. The number of pyridine rings is 1. The summed E-state index contributed by atoms with van der Waals surface area (Å²) in [4.78, 5) is 4.29. The highest BCUT2D eigenvalue weighted by Crippen LogP contribution is 2.26. The van der Waals surface area contributed by atoms with Crippen molar-refractivity contribution in [2.45, 2.75) is 0 Å². The summed E-state index contributed by atoms with van der Waals surface area (Å²) in [7, 11) is 1.95. The maximum atomic E-state index is 6.03. The van der Waals surface area contributed by atoms with Gasteiger partial charge in [0.05, 0.1) is 11.4 Å². The van der Waals surface area contributed by atoms with Crippen molar-refractivity contribution in [3.63, 3.8) is 0 Å². The van der Waals surface area contributed by atoms with Crippen molar-refractivity contribution in [1.29, 1.82) is 0 Å². The van der Waals surface area contributed by atoms with E-state index < -0.39 is 0 Å². The molecule has 2 rings (SSSR count). The number of nitrogens with zero attached hydrogens (tertiary/aromatic N) is 2. The van der Waals surface area contributed by atoms with Crippen LogP contribution in [0.4, 0.5) is 5.69 Å². The zero-order chi connectivity index (χ0) is 10.8. The maximum absolute atomic E-state index is 6.03. The molecule has 15 heavy (non-hydrogen) atoms. The molecule has 0 radical (unpaired) electrons. The average molecular weight is 199 g/mol. The molecule has 0 aliphatic heterocycles. The van der Waals surface area contributed by atoms with E-state index in [4.69, 9.17) is 5.73 Å². The van der Waals surface area contributed by atoms with Gasteiger partial charge in [0.1, 0.15) is 5.65 Å². The van der Waals surface area contributed by atoms with Gasteiger partial charge in [0.15, 0.2) is 0 Å². The second kappa shape index (κ2) is 3.61. The second-order valence-electron chi connectivity index (χ2n) is 3.33. The molecule has 2 aromatic rings. The van der Waals surface area contributed by atoms with Gasteiger partial charge >= 0.3 is 0 Å². The van der Waals surface area contributed by atoms with Gasteiger partial charge in [-0.05, 0) is 18.2 Å². The highest BCUT2D eigenvalue weighted by molar-refractivity contribution is 5.94. The van der Waals surface area contributed by atoms with Gasteiger partial charge in [-0.3, -0.25) is 0 Å². The van der Waals surface area contributed by atoms with Crippen LogP contribution in [0.2, 0.25) is 0 Å². The summed E-state index contributed by atoms with van der Waals surface area (Å²) < 4.78 is 1.98. The minimum atomic E-state index is 0.763. The van der Waals surface area contributed by atoms with Gasteiger partial charge < -0.3 is 10.3 Å². The monoisotopic (exact) mass is 199 g/mol. The fourth-order valence-corrected chi connectivity index (χ4v) is 1.67. The Morgan fingerprint density at radius 2 is 2.33 bits per heavy atom. The molecular weight excluding hydrogens is 186 g/mol. The summed E-state index contributed by atoms with van der Waals surface area (Å²) in [6, 6.07) is 3.86. The van der Waals surface area contributed by atoms with Crippen LogP contribution in [0.3, 0.4) is 0 Å². The number of hydrogen-bond acceptors (Lipinski definition) is 2. The predicted molar refractivity (Wildman–Crippen MR) is 64.4 cm³/mol. The first-order valence-corrected chi connectivity index (χ1v) is 4.73. The molecule has 2 aromatic heterocycles. The second-order valence-corrected chi connectivity index (χ2v) is 3.33. The largest absolute Gasteiger partial charge is 0.396 e. The van der Waals surface area contributed by atoms with Crippen molar-refractivity contribution in [2.24, 2.45) is 7.05 Å². The van der Waals surface area contributed by atoms with E-state index in [2.05, 4.69) is 11.6 Å². The number of fused-ring (bicyclic) bond motifs is 1. The maximum Gasteiger partial charge on any atom is 0.142 e. The van der Waals surface area contributed by atoms with E-state index in [1.165, 1.54) is 0 Å². The number of anilines is 1. The van der Waals surface area contributed by atoms with Crippen LogP contribution in [0.25, 0.3) is 17.1 Å². The molecule has 0 fully saturated rings. The summed E-state index contributed by atoms with van der Waals surface area (Å²) >= 11 is 0. The van der Waals surface area contributed by atoms with Gasteiger partial charge in [-0.2, -0.15) is 0 Å². The summed E-state index contributed by atoms with van der Waals surface area (Å²) in [5.41, 5.74) is 8.66. The quantitative estimate of drug-likeness (QED) is 0.754. The summed E-state index contributed by atoms with van der Waals surface area (Å²) in [6.07, 6.45) is 7.29. The summed E-state index contributed by atoms with van der Waals surface area (Å²) in [5, 5.41) is 0.990. The van der Waals surface area contributed by atoms with Crippen molar-refractivity contribution in [2.75, 3.05) is 5.73 Å². The Morgan fingerprint density at radius 3 is 3.00 bits per heavy atom. The van der Waals surface area contributed by atoms with Crippen LogP contribution in [0.15, 0.2) is 37.1 Å². The minimum absolute atomic E-state index is 0.763. The standard InChI is InChI=1S/C12H13N3/c1-3-4-7-10-11(13)9-6-5-8-14-12(9)15(10)2/h3-8H,1,13H2,2H3/b7-4-. The molecule has 0 aliphatic carbocycles. The summed E-state index contributed by atoms with van der Waals surface area (Å²) in [6.45, 7) is 3.64. The molecule has 0 saturated carbocycles. The van der Waals surface area contributed by atoms with E-state index >= 15 is 0 Å². The van der Waals surface area contributed by atoms with Crippen LogP contribution in [-0.2, 0) is 7.05 Å². The molecule has 0 aromatic carbocycles. The van der Waals surface area contributed by atoms with Crippen LogP contribution in [0, 0.1) is 0 Å². The van der Waals surface area contributed by atoms with E-state index in [1.807, 2.05) is 35.9 Å². The van der Waals surface area contributed by atoms with Crippen molar-refractivity contribution in [1.82, 2.24) is 9.55 Å². The molecular formula is C12H13N3. The van der Waals surface area contributed by atoms with E-state index in [0.717, 1.165) is 22.4 Å². The molecule has 0 saturated heterocycles. The van der Waals surface area contributed by atoms with Crippen LogP contribution in [0.1, 0.15) is 5.69 Å². The first-order chi connectivity index (χ1) is 7.25. The number of allylic oxidation sites excluding steroid dienone is 2. The third-order valence-electron chi connectivity index (χ3n) is 2.42. The number of nitrogens with two attached hydrogens (primary N) is 1. The van der Waals surface area contributed by atoms with Gasteiger partial charge in [0.2, 0.25) is 0 Å². The Labute approximate surface area is 88.5 Å². The number of aryl methyl sites for hydroxylation is 1. The molecule has 3 nitrogen and oxygen atoms in total. The molecule has 0 bridgehead atoms. The van der Waals surface area contributed by atoms with Crippen molar-refractivity contribution >= 4 is 22.8 Å². The molecule has 76 valence electrons. The molecule has 0 spiro atoms. The lowest BCUT2D eigenvalue weighted by Crippen LogP contribution is -1.93. The van der Waals surface area contributed by atoms with Crippen molar-refractivity contribution in [3.8, 4) is 0 Å². The highest BCUT2D eigenvalue weighted by atomic mass is 15.0. The Morgan fingerprint density at radius 1 is 1.53 bits per heavy atom. The smallest absolute Gasteiger partial charge is 0.142 e.